The number of hydrogen-bond acceptors (Lipinski definition) is 6. The van der Waals surface area contributed by atoms with Crippen LogP contribution in [0.1, 0.15) is 44.0 Å². The molecule has 1 saturated heterocycles. The molecule has 1 fully saturated rings. The normalized spacial score (nSPS) is 21.4. The quantitative estimate of drug-likeness (QED) is 0.926. The zero-order valence-corrected chi connectivity index (χ0v) is 13.3. The standard InChI is InChI=1S/C16H20N6O/c1-12(2)22-10-14(19-20-22)16(23)6-4-8-21(11-16)15-13(9-17)5-3-7-18-15/h3,5,7,10,12,23H,4,6,8,11H2,1-2H3/t16-/m1/s1. The van der Waals surface area contributed by atoms with Gasteiger partial charge in [0.2, 0.25) is 0 Å². The average Bonchev–Trinajstić information content (AvgIpc) is 3.06. The molecule has 0 spiro atoms. The molecule has 1 atom stereocenters. The van der Waals surface area contributed by atoms with Gasteiger partial charge in [0, 0.05) is 18.8 Å². The Kier molecular flexibility index (Phi) is 4.01. The van der Waals surface area contributed by atoms with Crippen molar-refractivity contribution in [1.29, 1.82) is 5.26 Å². The molecule has 7 nitrogen and oxygen atoms in total. The van der Waals surface area contributed by atoms with Crippen molar-refractivity contribution in [1.82, 2.24) is 20.0 Å². The first-order chi connectivity index (χ1) is 11.0. The van der Waals surface area contributed by atoms with Crippen LogP contribution in [-0.2, 0) is 5.60 Å². The van der Waals surface area contributed by atoms with E-state index < -0.39 is 5.60 Å². The molecule has 0 saturated carbocycles. The number of nitrogens with zero attached hydrogens (tertiary/aromatic N) is 6. The summed E-state index contributed by atoms with van der Waals surface area (Å²) >= 11 is 0. The second kappa shape index (κ2) is 5.97. The number of pyridine rings is 1. The van der Waals surface area contributed by atoms with Crippen LogP contribution in [0.2, 0.25) is 0 Å². The van der Waals surface area contributed by atoms with Crippen molar-refractivity contribution in [3.8, 4) is 6.07 Å². The molecule has 0 amide bonds. The first-order valence-corrected chi connectivity index (χ1v) is 7.78. The Morgan fingerprint density at radius 1 is 1.43 bits per heavy atom. The maximum absolute atomic E-state index is 11.1. The van der Waals surface area contributed by atoms with Crippen LogP contribution in [0.5, 0.6) is 0 Å². The predicted octanol–water partition coefficient (Wildman–Crippen LogP) is 1.61. The number of piperidine rings is 1. The van der Waals surface area contributed by atoms with E-state index in [1.165, 1.54) is 0 Å². The molecule has 0 unspecified atom stereocenters. The highest BCUT2D eigenvalue weighted by molar-refractivity contribution is 5.54. The number of hydrogen-bond donors (Lipinski definition) is 1. The molecule has 0 aliphatic carbocycles. The molecule has 7 heteroatoms. The van der Waals surface area contributed by atoms with E-state index in [1.807, 2.05) is 18.7 Å². The summed E-state index contributed by atoms with van der Waals surface area (Å²) in [5.41, 5.74) is 0.0169. The first-order valence-electron chi connectivity index (χ1n) is 7.78. The smallest absolute Gasteiger partial charge is 0.146 e. The van der Waals surface area contributed by atoms with Crippen LogP contribution in [0.3, 0.4) is 0 Å². The van der Waals surface area contributed by atoms with Crippen LogP contribution in [-0.4, -0.2) is 38.2 Å². The average molecular weight is 312 g/mol. The summed E-state index contributed by atoms with van der Waals surface area (Å²) in [7, 11) is 0. The number of β-amino-alcohol motifs (C(OH)–C–C–N with tert-alkyl or cyclic N) is 1. The van der Waals surface area contributed by atoms with E-state index in [0.29, 0.717) is 30.0 Å². The van der Waals surface area contributed by atoms with Gasteiger partial charge in [0.15, 0.2) is 0 Å². The van der Waals surface area contributed by atoms with Crippen molar-refractivity contribution in [2.45, 2.75) is 38.3 Å². The molecule has 1 aliphatic heterocycles. The summed E-state index contributed by atoms with van der Waals surface area (Å²) in [4.78, 5) is 6.27. The molecule has 1 N–H and O–H groups in total. The minimum Gasteiger partial charge on any atom is -0.382 e. The minimum atomic E-state index is -1.07. The van der Waals surface area contributed by atoms with E-state index in [4.69, 9.17) is 0 Å². The highest BCUT2D eigenvalue weighted by atomic mass is 16.3. The third kappa shape index (κ3) is 2.90. The lowest BCUT2D eigenvalue weighted by atomic mass is 9.90. The predicted molar refractivity (Wildman–Crippen MR) is 84.7 cm³/mol. The third-order valence-corrected chi connectivity index (χ3v) is 4.19. The summed E-state index contributed by atoms with van der Waals surface area (Å²) in [5, 5.41) is 28.6. The lowest BCUT2D eigenvalue weighted by molar-refractivity contribution is 0.0174. The van der Waals surface area contributed by atoms with Crippen LogP contribution in [0.15, 0.2) is 24.5 Å². The Hall–Kier alpha value is -2.46. The monoisotopic (exact) mass is 312 g/mol. The molecular formula is C16H20N6O. The topological polar surface area (TPSA) is 90.9 Å². The van der Waals surface area contributed by atoms with Gasteiger partial charge >= 0.3 is 0 Å². The number of nitriles is 1. The van der Waals surface area contributed by atoms with Crippen LogP contribution < -0.4 is 4.90 Å². The van der Waals surface area contributed by atoms with E-state index in [1.54, 1.807) is 29.2 Å². The molecule has 0 aromatic carbocycles. The molecule has 3 heterocycles. The summed E-state index contributed by atoms with van der Waals surface area (Å²) in [6.45, 7) is 5.15. The van der Waals surface area contributed by atoms with Crippen molar-refractivity contribution in [3.63, 3.8) is 0 Å². The Morgan fingerprint density at radius 3 is 2.96 bits per heavy atom. The van der Waals surface area contributed by atoms with Crippen LogP contribution >= 0.6 is 0 Å². The van der Waals surface area contributed by atoms with E-state index in [0.717, 1.165) is 13.0 Å². The van der Waals surface area contributed by atoms with Crippen molar-refractivity contribution in [3.05, 3.63) is 35.8 Å². The lowest BCUT2D eigenvalue weighted by Gasteiger charge is -2.38. The Bertz CT molecular complexity index is 734. The highest BCUT2D eigenvalue weighted by Gasteiger charge is 2.38. The Labute approximate surface area is 135 Å². The van der Waals surface area contributed by atoms with Crippen molar-refractivity contribution in [2.24, 2.45) is 0 Å². The molecule has 0 radical (unpaired) electrons. The van der Waals surface area contributed by atoms with Gasteiger partial charge in [-0.3, -0.25) is 0 Å². The lowest BCUT2D eigenvalue weighted by Crippen LogP contribution is -2.47. The first kappa shape index (κ1) is 15.4. The summed E-state index contributed by atoms with van der Waals surface area (Å²) in [6, 6.07) is 5.84. The van der Waals surface area contributed by atoms with Crippen LogP contribution in [0, 0.1) is 11.3 Å². The molecule has 2 aromatic rings. The van der Waals surface area contributed by atoms with Crippen molar-refractivity contribution >= 4 is 5.82 Å². The Balaban J connectivity index is 1.89. The Morgan fingerprint density at radius 2 is 2.26 bits per heavy atom. The summed E-state index contributed by atoms with van der Waals surface area (Å²) in [5.74, 6) is 0.615. The minimum absolute atomic E-state index is 0.195. The summed E-state index contributed by atoms with van der Waals surface area (Å²) < 4.78 is 1.74. The maximum atomic E-state index is 11.1. The molecule has 120 valence electrons. The largest absolute Gasteiger partial charge is 0.382 e. The van der Waals surface area contributed by atoms with Gasteiger partial charge in [-0.25, -0.2) is 9.67 Å². The number of aromatic nitrogens is 4. The van der Waals surface area contributed by atoms with Gasteiger partial charge in [0.05, 0.1) is 18.3 Å². The van der Waals surface area contributed by atoms with Gasteiger partial charge in [0.1, 0.15) is 23.2 Å². The van der Waals surface area contributed by atoms with E-state index in [2.05, 4.69) is 21.4 Å². The zero-order chi connectivity index (χ0) is 16.4. The van der Waals surface area contributed by atoms with E-state index >= 15 is 0 Å². The van der Waals surface area contributed by atoms with E-state index in [9.17, 15) is 10.4 Å². The van der Waals surface area contributed by atoms with Gasteiger partial charge in [-0.2, -0.15) is 5.26 Å². The van der Waals surface area contributed by atoms with Gasteiger partial charge in [-0.15, -0.1) is 5.10 Å². The molecule has 23 heavy (non-hydrogen) atoms. The fourth-order valence-electron chi connectivity index (χ4n) is 2.90. The molecule has 1 aliphatic rings. The highest BCUT2D eigenvalue weighted by Crippen LogP contribution is 2.33. The number of aliphatic hydroxyl groups is 1. The maximum Gasteiger partial charge on any atom is 0.146 e. The van der Waals surface area contributed by atoms with Gasteiger partial charge in [-0.05, 0) is 38.8 Å². The summed E-state index contributed by atoms with van der Waals surface area (Å²) in [6.07, 6.45) is 4.89. The van der Waals surface area contributed by atoms with Crippen molar-refractivity contribution in [2.75, 3.05) is 18.0 Å². The van der Waals surface area contributed by atoms with Crippen LogP contribution in [0.4, 0.5) is 5.82 Å². The second-order valence-electron chi connectivity index (χ2n) is 6.22. The van der Waals surface area contributed by atoms with Gasteiger partial charge < -0.3 is 10.0 Å². The fourth-order valence-corrected chi connectivity index (χ4v) is 2.90. The molecule has 0 bridgehead atoms. The number of rotatable bonds is 3. The van der Waals surface area contributed by atoms with Crippen molar-refractivity contribution < 1.29 is 5.11 Å². The van der Waals surface area contributed by atoms with Crippen LogP contribution in [0.25, 0.3) is 0 Å². The molecule has 3 rings (SSSR count). The zero-order valence-electron chi connectivity index (χ0n) is 13.3. The fraction of sp³-hybridized carbons (Fsp3) is 0.500. The van der Waals surface area contributed by atoms with Gasteiger partial charge in [0.25, 0.3) is 0 Å². The number of anilines is 1. The SMILES string of the molecule is CC(C)n1cc([C@@]2(O)CCCN(c3ncccc3C#N)C2)nn1. The van der Waals surface area contributed by atoms with Gasteiger partial charge in [-0.1, -0.05) is 5.21 Å². The molecular weight excluding hydrogens is 292 g/mol. The van der Waals surface area contributed by atoms with E-state index in [-0.39, 0.29) is 6.04 Å². The molecule has 2 aromatic heterocycles. The second-order valence-corrected chi connectivity index (χ2v) is 6.22. The third-order valence-electron chi connectivity index (χ3n) is 4.19.